The number of piperidine rings is 1. The van der Waals surface area contributed by atoms with Crippen molar-refractivity contribution in [3.63, 3.8) is 0 Å². The lowest BCUT2D eigenvalue weighted by Gasteiger charge is -2.27. The van der Waals surface area contributed by atoms with Crippen LogP contribution in [0, 0.1) is 0 Å². The van der Waals surface area contributed by atoms with E-state index in [2.05, 4.69) is 37.4 Å². The van der Waals surface area contributed by atoms with Gasteiger partial charge in [0.05, 0.1) is 11.7 Å². The van der Waals surface area contributed by atoms with E-state index in [4.69, 9.17) is 5.11 Å². The van der Waals surface area contributed by atoms with E-state index in [0.29, 0.717) is 12.3 Å². The molecule has 100 valence electrons. The normalized spacial score (nSPS) is 25.1. The van der Waals surface area contributed by atoms with Gasteiger partial charge >= 0.3 is 5.97 Å². The lowest BCUT2D eigenvalue weighted by Crippen LogP contribution is -2.42. The monoisotopic (exact) mass is 251 g/mol. The van der Waals surface area contributed by atoms with E-state index in [1.165, 1.54) is 0 Å². The number of carboxylic acid groups (broad SMARTS) is 1. The predicted octanol–water partition coefficient (Wildman–Crippen LogP) is 1.56. The van der Waals surface area contributed by atoms with Crippen molar-refractivity contribution in [2.24, 2.45) is 0 Å². The largest absolute Gasteiger partial charge is 0.480 e. The molecule has 0 saturated carbocycles. The molecule has 2 atom stereocenters. The van der Waals surface area contributed by atoms with E-state index in [0.717, 1.165) is 18.5 Å². The summed E-state index contributed by atoms with van der Waals surface area (Å²) >= 11 is 0. The van der Waals surface area contributed by atoms with Gasteiger partial charge in [-0.05, 0) is 51.6 Å². The second-order valence-electron chi connectivity index (χ2n) is 5.96. The van der Waals surface area contributed by atoms with Crippen LogP contribution in [0.3, 0.4) is 0 Å². The van der Waals surface area contributed by atoms with Gasteiger partial charge in [0.2, 0.25) is 0 Å². The molecular weight excluding hydrogens is 230 g/mol. The fraction of sp³-hybridized carbons (Fsp3) is 0.692. The number of aromatic nitrogens is 2. The Bertz CT molecular complexity index is 434. The van der Waals surface area contributed by atoms with Crippen molar-refractivity contribution in [1.29, 1.82) is 0 Å². The molecule has 2 rings (SSSR count). The molecule has 0 bridgehead atoms. The summed E-state index contributed by atoms with van der Waals surface area (Å²) in [5.74, 6) is -0.466. The fourth-order valence-electron chi connectivity index (χ4n) is 2.32. The first-order valence-corrected chi connectivity index (χ1v) is 6.39. The first-order chi connectivity index (χ1) is 8.38. The van der Waals surface area contributed by atoms with Gasteiger partial charge in [0, 0.05) is 6.20 Å². The van der Waals surface area contributed by atoms with Gasteiger partial charge in [0.1, 0.15) is 6.04 Å². The summed E-state index contributed by atoms with van der Waals surface area (Å²) in [5.41, 5.74) is 1.12. The zero-order valence-electron chi connectivity index (χ0n) is 11.2. The lowest BCUT2D eigenvalue weighted by molar-refractivity contribution is -0.140. The third kappa shape index (κ3) is 2.72. The van der Waals surface area contributed by atoms with Gasteiger partial charge in [0.25, 0.3) is 0 Å². The summed E-state index contributed by atoms with van der Waals surface area (Å²) in [6, 6.07) is -0.429. The predicted molar refractivity (Wildman–Crippen MR) is 68.6 cm³/mol. The highest BCUT2D eigenvalue weighted by Gasteiger charge is 2.28. The number of rotatable bonds is 2. The number of carboxylic acids is 1. The van der Waals surface area contributed by atoms with Crippen molar-refractivity contribution in [1.82, 2.24) is 15.1 Å². The van der Waals surface area contributed by atoms with Gasteiger partial charge in [-0.15, -0.1) is 0 Å². The van der Waals surface area contributed by atoms with Crippen LogP contribution in [-0.2, 0) is 10.3 Å². The summed E-state index contributed by atoms with van der Waals surface area (Å²) in [7, 11) is 0. The maximum absolute atomic E-state index is 11.0. The van der Waals surface area contributed by atoms with Crippen LogP contribution in [-0.4, -0.2) is 33.4 Å². The zero-order valence-corrected chi connectivity index (χ0v) is 11.2. The quantitative estimate of drug-likeness (QED) is 0.837. The molecular formula is C13H21N3O2. The van der Waals surface area contributed by atoms with Crippen LogP contribution in [0.25, 0.3) is 0 Å². The second kappa shape index (κ2) is 4.72. The Morgan fingerprint density at radius 1 is 1.56 bits per heavy atom. The van der Waals surface area contributed by atoms with Crippen molar-refractivity contribution in [3.8, 4) is 0 Å². The summed E-state index contributed by atoms with van der Waals surface area (Å²) in [4.78, 5) is 11.0. The average Bonchev–Trinajstić information content (AvgIpc) is 2.78. The van der Waals surface area contributed by atoms with E-state index < -0.39 is 12.0 Å². The number of nitrogens with zero attached hydrogens (tertiary/aromatic N) is 2. The Morgan fingerprint density at radius 2 is 2.28 bits per heavy atom. The second-order valence-corrected chi connectivity index (χ2v) is 5.96. The Labute approximate surface area is 107 Å². The standard InChI is InChI=1S/C13H21N3O2/c1-13(2,3)16-8-10(7-15-16)9-4-5-14-11(6-9)12(17)18/h7-9,11,14H,4-6H2,1-3H3,(H,17,18). The highest BCUT2D eigenvalue weighted by atomic mass is 16.4. The molecule has 18 heavy (non-hydrogen) atoms. The van der Waals surface area contributed by atoms with E-state index in [9.17, 15) is 4.79 Å². The van der Waals surface area contributed by atoms with Crippen LogP contribution in [0.15, 0.2) is 12.4 Å². The summed E-state index contributed by atoms with van der Waals surface area (Å²) < 4.78 is 1.94. The maximum Gasteiger partial charge on any atom is 0.320 e. The molecule has 1 aliphatic rings. The fourth-order valence-corrected chi connectivity index (χ4v) is 2.32. The third-order valence-corrected chi connectivity index (χ3v) is 3.46. The molecule has 2 heterocycles. The van der Waals surface area contributed by atoms with E-state index >= 15 is 0 Å². The number of hydrogen-bond acceptors (Lipinski definition) is 3. The molecule has 1 aromatic heterocycles. The molecule has 1 saturated heterocycles. The molecule has 1 aliphatic heterocycles. The molecule has 0 aliphatic carbocycles. The Balaban J connectivity index is 2.12. The minimum Gasteiger partial charge on any atom is -0.480 e. The minimum absolute atomic E-state index is 0.0304. The van der Waals surface area contributed by atoms with Gasteiger partial charge in [-0.1, -0.05) is 0 Å². The van der Waals surface area contributed by atoms with Gasteiger partial charge in [-0.2, -0.15) is 5.10 Å². The van der Waals surface area contributed by atoms with Crippen LogP contribution >= 0.6 is 0 Å². The molecule has 5 heteroatoms. The van der Waals surface area contributed by atoms with E-state index in [-0.39, 0.29) is 5.54 Å². The molecule has 2 unspecified atom stereocenters. The Kier molecular flexibility index (Phi) is 3.43. The van der Waals surface area contributed by atoms with Crippen LogP contribution < -0.4 is 5.32 Å². The lowest BCUT2D eigenvalue weighted by atomic mass is 9.88. The van der Waals surface area contributed by atoms with Crippen LogP contribution in [0.1, 0.15) is 45.1 Å². The number of carbonyl (C=O) groups is 1. The van der Waals surface area contributed by atoms with Crippen molar-refractivity contribution in [2.45, 2.75) is 51.1 Å². The van der Waals surface area contributed by atoms with Crippen LogP contribution in [0.5, 0.6) is 0 Å². The minimum atomic E-state index is -0.761. The first kappa shape index (κ1) is 13.1. The third-order valence-electron chi connectivity index (χ3n) is 3.46. The number of hydrogen-bond donors (Lipinski definition) is 2. The molecule has 1 fully saturated rings. The zero-order chi connectivity index (χ0) is 13.3. The maximum atomic E-state index is 11.0. The first-order valence-electron chi connectivity index (χ1n) is 6.39. The number of nitrogens with one attached hydrogen (secondary N) is 1. The van der Waals surface area contributed by atoms with Gasteiger partial charge in [0.15, 0.2) is 0 Å². The average molecular weight is 251 g/mol. The van der Waals surface area contributed by atoms with Crippen molar-refractivity contribution in [3.05, 3.63) is 18.0 Å². The van der Waals surface area contributed by atoms with Crippen molar-refractivity contribution < 1.29 is 9.90 Å². The summed E-state index contributed by atoms with van der Waals surface area (Å²) in [5, 5.41) is 16.5. The van der Waals surface area contributed by atoms with Crippen molar-refractivity contribution >= 4 is 5.97 Å². The van der Waals surface area contributed by atoms with Gasteiger partial charge in [-0.3, -0.25) is 9.48 Å². The molecule has 0 amide bonds. The van der Waals surface area contributed by atoms with Gasteiger partial charge < -0.3 is 10.4 Å². The Hall–Kier alpha value is -1.36. The molecule has 5 nitrogen and oxygen atoms in total. The Morgan fingerprint density at radius 3 is 2.83 bits per heavy atom. The summed E-state index contributed by atoms with van der Waals surface area (Å²) in [6.07, 6.45) is 5.54. The summed E-state index contributed by atoms with van der Waals surface area (Å²) in [6.45, 7) is 7.06. The molecule has 0 aromatic carbocycles. The van der Waals surface area contributed by atoms with E-state index in [1.807, 2.05) is 10.9 Å². The van der Waals surface area contributed by atoms with Crippen LogP contribution in [0.2, 0.25) is 0 Å². The van der Waals surface area contributed by atoms with Gasteiger partial charge in [-0.25, -0.2) is 0 Å². The highest BCUT2D eigenvalue weighted by Crippen LogP contribution is 2.28. The smallest absolute Gasteiger partial charge is 0.320 e. The number of aliphatic carboxylic acids is 1. The van der Waals surface area contributed by atoms with Crippen molar-refractivity contribution in [2.75, 3.05) is 6.54 Å². The highest BCUT2D eigenvalue weighted by molar-refractivity contribution is 5.73. The SMILES string of the molecule is CC(C)(C)n1cc(C2CCNC(C(=O)O)C2)cn1. The molecule has 0 spiro atoms. The van der Waals surface area contributed by atoms with Crippen LogP contribution in [0.4, 0.5) is 0 Å². The topological polar surface area (TPSA) is 67.2 Å². The van der Waals surface area contributed by atoms with E-state index in [1.54, 1.807) is 0 Å². The molecule has 1 aromatic rings. The molecule has 0 radical (unpaired) electrons. The molecule has 2 N–H and O–H groups in total.